The second-order valence-electron chi connectivity index (χ2n) is 6.08. The zero-order valence-electron chi connectivity index (χ0n) is 12.6. The summed E-state index contributed by atoms with van der Waals surface area (Å²) in [6.45, 7) is 0. The zero-order valence-corrected chi connectivity index (χ0v) is 12.6. The van der Waals surface area contributed by atoms with Crippen molar-refractivity contribution >= 4 is 16.4 Å². The van der Waals surface area contributed by atoms with Crippen molar-refractivity contribution in [3.63, 3.8) is 0 Å². The first kappa shape index (κ1) is 13.4. The molecule has 4 nitrogen and oxygen atoms in total. The van der Waals surface area contributed by atoms with E-state index in [-0.39, 0.29) is 5.56 Å². The molecule has 1 aliphatic carbocycles. The Morgan fingerprint density at radius 1 is 1.00 bits per heavy atom. The van der Waals surface area contributed by atoms with E-state index < -0.39 is 0 Å². The van der Waals surface area contributed by atoms with Crippen LogP contribution in [0.3, 0.4) is 0 Å². The monoisotopic (exact) mass is 293 g/mol. The molecule has 0 saturated carbocycles. The highest BCUT2D eigenvalue weighted by atomic mass is 16.1. The lowest BCUT2D eigenvalue weighted by Gasteiger charge is -2.14. The van der Waals surface area contributed by atoms with Gasteiger partial charge in [0.1, 0.15) is 5.65 Å². The molecule has 4 rings (SSSR count). The van der Waals surface area contributed by atoms with Crippen LogP contribution < -0.4 is 5.56 Å². The summed E-state index contributed by atoms with van der Waals surface area (Å²) >= 11 is 0. The van der Waals surface area contributed by atoms with Gasteiger partial charge in [-0.25, -0.2) is 0 Å². The molecule has 0 radical (unpaired) electrons. The minimum atomic E-state index is -0.0405. The number of rotatable bonds is 0. The largest absolute Gasteiger partial charge is 0.305 e. The molecule has 0 bridgehead atoms. The van der Waals surface area contributed by atoms with Crippen molar-refractivity contribution in [2.75, 3.05) is 0 Å². The lowest BCUT2D eigenvalue weighted by atomic mass is 10.1. The summed E-state index contributed by atoms with van der Waals surface area (Å²) in [5.74, 6) is 0. The number of hydrogen-bond donors (Lipinski definition) is 0. The maximum absolute atomic E-state index is 12.6. The van der Waals surface area contributed by atoms with Gasteiger partial charge >= 0.3 is 0 Å². The molecule has 0 atom stereocenters. The predicted molar refractivity (Wildman–Crippen MR) is 87.3 cm³/mol. The molecule has 22 heavy (non-hydrogen) atoms. The molecule has 112 valence electrons. The van der Waals surface area contributed by atoms with Gasteiger partial charge in [-0.2, -0.15) is 4.98 Å². The van der Waals surface area contributed by atoms with Gasteiger partial charge in [-0.3, -0.25) is 9.78 Å². The summed E-state index contributed by atoms with van der Waals surface area (Å²) in [6.07, 6.45) is 13.4. The molecule has 3 heterocycles. The highest BCUT2D eigenvalue weighted by Crippen LogP contribution is 2.22. The van der Waals surface area contributed by atoms with Crippen LogP contribution in [0, 0.1) is 0 Å². The van der Waals surface area contributed by atoms with Gasteiger partial charge in [0.15, 0.2) is 0 Å². The van der Waals surface area contributed by atoms with E-state index in [1.807, 2.05) is 18.5 Å². The van der Waals surface area contributed by atoms with Crippen molar-refractivity contribution < 1.29 is 0 Å². The standard InChI is InChI=1S/C18H19N3O/c22-18-15-6-4-2-1-3-5-7-16(15)21-11-9-13-12-19-10-8-14(13)17(21)20-18/h8-12H,1-7H2. The van der Waals surface area contributed by atoms with Crippen LogP contribution in [0.4, 0.5) is 0 Å². The molecule has 0 N–H and O–H groups in total. The van der Waals surface area contributed by atoms with Crippen molar-refractivity contribution in [2.45, 2.75) is 44.9 Å². The minimum absolute atomic E-state index is 0.0405. The van der Waals surface area contributed by atoms with Crippen LogP contribution in [-0.4, -0.2) is 14.4 Å². The molecule has 0 unspecified atom stereocenters. The molecule has 0 spiro atoms. The third-order valence-electron chi connectivity index (χ3n) is 4.67. The summed E-state index contributed by atoms with van der Waals surface area (Å²) in [5.41, 5.74) is 2.81. The molecule has 4 heteroatoms. The number of aromatic nitrogens is 3. The number of nitrogens with zero attached hydrogens (tertiary/aromatic N) is 3. The average molecular weight is 293 g/mol. The normalized spacial score (nSPS) is 16.0. The van der Waals surface area contributed by atoms with E-state index in [2.05, 4.69) is 20.4 Å². The Labute approximate surface area is 128 Å². The van der Waals surface area contributed by atoms with Gasteiger partial charge in [0.05, 0.1) is 0 Å². The number of hydrogen-bond acceptors (Lipinski definition) is 3. The first-order valence-corrected chi connectivity index (χ1v) is 8.11. The van der Waals surface area contributed by atoms with E-state index in [0.29, 0.717) is 0 Å². The van der Waals surface area contributed by atoms with Crippen LogP contribution in [-0.2, 0) is 12.8 Å². The third kappa shape index (κ3) is 2.19. The molecule has 0 amide bonds. The van der Waals surface area contributed by atoms with Gasteiger partial charge < -0.3 is 4.40 Å². The van der Waals surface area contributed by atoms with Crippen molar-refractivity contribution in [1.29, 1.82) is 0 Å². The fraction of sp³-hybridized carbons (Fsp3) is 0.389. The first-order valence-electron chi connectivity index (χ1n) is 8.11. The van der Waals surface area contributed by atoms with Gasteiger partial charge in [0, 0.05) is 40.6 Å². The maximum atomic E-state index is 12.6. The fourth-order valence-electron chi connectivity index (χ4n) is 3.51. The van der Waals surface area contributed by atoms with Gasteiger partial charge in [0.2, 0.25) is 0 Å². The molecule has 0 aliphatic heterocycles. The number of pyridine rings is 2. The Morgan fingerprint density at radius 2 is 1.82 bits per heavy atom. The zero-order chi connectivity index (χ0) is 14.9. The summed E-state index contributed by atoms with van der Waals surface area (Å²) in [7, 11) is 0. The summed E-state index contributed by atoms with van der Waals surface area (Å²) in [5, 5.41) is 2.02. The van der Waals surface area contributed by atoms with E-state index >= 15 is 0 Å². The second-order valence-corrected chi connectivity index (χ2v) is 6.08. The van der Waals surface area contributed by atoms with E-state index in [9.17, 15) is 4.79 Å². The molecular weight excluding hydrogens is 274 g/mol. The highest BCUT2D eigenvalue weighted by molar-refractivity contribution is 5.93. The van der Waals surface area contributed by atoms with Crippen LogP contribution in [0.1, 0.15) is 43.4 Å². The van der Waals surface area contributed by atoms with Gasteiger partial charge in [0.25, 0.3) is 5.56 Å². The minimum Gasteiger partial charge on any atom is -0.305 e. The van der Waals surface area contributed by atoms with E-state index in [1.165, 1.54) is 19.3 Å². The highest BCUT2D eigenvalue weighted by Gasteiger charge is 2.15. The second kappa shape index (κ2) is 5.52. The van der Waals surface area contributed by atoms with Crippen LogP contribution in [0.25, 0.3) is 16.4 Å². The molecule has 1 aliphatic rings. The summed E-state index contributed by atoms with van der Waals surface area (Å²) in [6, 6.07) is 4.01. The summed E-state index contributed by atoms with van der Waals surface area (Å²) < 4.78 is 2.13. The molecule has 3 aromatic heterocycles. The van der Waals surface area contributed by atoms with Crippen LogP contribution >= 0.6 is 0 Å². The lowest BCUT2D eigenvalue weighted by Crippen LogP contribution is -2.20. The number of fused-ring (bicyclic) bond motifs is 5. The summed E-state index contributed by atoms with van der Waals surface area (Å²) in [4.78, 5) is 21.1. The van der Waals surface area contributed by atoms with E-state index in [0.717, 1.165) is 53.4 Å². The first-order chi connectivity index (χ1) is 10.8. The molecule has 0 saturated heterocycles. The van der Waals surface area contributed by atoms with Crippen LogP contribution in [0.15, 0.2) is 35.5 Å². The van der Waals surface area contributed by atoms with Crippen molar-refractivity contribution in [3.8, 4) is 0 Å². The average Bonchev–Trinajstić information content (AvgIpc) is 2.67. The smallest absolute Gasteiger partial charge is 0.276 e. The Hall–Kier alpha value is -2.23. The number of aryl methyl sites for hydroxylation is 1. The van der Waals surface area contributed by atoms with Gasteiger partial charge in [-0.1, -0.05) is 19.3 Å². The SMILES string of the molecule is O=c1nc2c3ccncc3ccn2c2c1CCCCCCC2. The maximum Gasteiger partial charge on any atom is 0.276 e. The van der Waals surface area contributed by atoms with E-state index in [1.54, 1.807) is 6.20 Å². The quantitative estimate of drug-likeness (QED) is 0.598. The Kier molecular flexibility index (Phi) is 3.37. The fourth-order valence-corrected chi connectivity index (χ4v) is 3.51. The van der Waals surface area contributed by atoms with E-state index in [4.69, 9.17) is 0 Å². The van der Waals surface area contributed by atoms with Crippen molar-refractivity contribution in [1.82, 2.24) is 14.4 Å². The molecule has 3 aromatic rings. The van der Waals surface area contributed by atoms with Crippen molar-refractivity contribution in [2.24, 2.45) is 0 Å². The molecular formula is C18H19N3O. The Bertz CT molecular complexity index is 898. The molecule has 0 fully saturated rings. The third-order valence-corrected chi connectivity index (χ3v) is 4.67. The van der Waals surface area contributed by atoms with Crippen LogP contribution in [0.5, 0.6) is 0 Å². The molecule has 0 aromatic carbocycles. The van der Waals surface area contributed by atoms with Crippen molar-refractivity contribution in [3.05, 3.63) is 52.3 Å². The van der Waals surface area contributed by atoms with Crippen LogP contribution in [0.2, 0.25) is 0 Å². The van der Waals surface area contributed by atoms with Gasteiger partial charge in [-0.05, 0) is 37.8 Å². The topological polar surface area (TPSA) is 47.3 Å². The lowest BCUT2D eigenvalue weighted by molar-refractivity contribution is 0.627. The Balaban J connectivity index is 2.05. The predicted octanol–water partition coefficient (Wildman–Crippen LogP) is 3.29. The van der Waals surface area contributed by atoms with Gasteiger partial charge in [-0.15, -0.1) is 0 Å². The Morgan fingerprint density at radius 3 is 2.73 bits per heavy atom.